The van der Waals surface area contributed by atoms with Crippen LogP contribution in [0.25, 0.3) is 0 Å². The summed E-state index contributed by atoms with van der Waals surface area (Å²) in [6, 6.07) is 0. The summed E-state index contributed by atoms with van der Waals surface area (Å²) < 4.78 is 0. The lowest BCUT2D eigenvalue weighted by Crippen LogP contribution is -2.24. The Kier molecular flexibility index (Phi) is 3.73. The van der Waals surface area contributed by atoms with Crippen molar-refractivity contribution in [2.24, 2.45) is 0 Å². The van der Waals surface area contributed by atoms with Crippen LogP contribution in [0.4, 0.5) is 0 Å². The summed E-state index contributed by atoms with van der Waals surface area (Å²) in [6.07, 6.45) is 6.44. The van der Waals surface area contributed by atoms with E-state index in [0.717, 1.165) is 0 Å². The van der Waals surface area contributed by atoms with E-state index in [1.54, 1.807) is 29.6 Å². The largest absolute Gasteiger partial charge is 0.480 e. The molecule has 1 aliphatic rings. The molecule has 6 nitrogen and oxygen atoms in total. The highest BCUT2D eigenvalue weighted by Gasteiger charge is 2.08. The molecule has 15 heavy (non-hydrogen) atoms. The predicted molar refractivity (Wildman–Crippen MR) is 51.8 cm³/mol. The third-order valence-electron chi connectivity index (χ3n) is 1.76. The van der Waals surface area contributed by atoms with Crippen LogP contribution in [0.15, 0.2) is 24.7 Å². The van der Waals surface area contributed by atoms with Crippen LogP contribution >= 0.6 is 0 Å². The second kappa shape index (κ2) is 5.04. The second-order valence-corrected chi connectivity index (χ2v) is 3.07. The Morgan fingerprint density at radius 2 is 1.73 bits per heavy atom. The molecule has 0 aromatic heterocycles. The van der Waals surface area contributed by atoms with Crippen LogP contribution < -0.4 is 0 Å². The van der Waals surface area contributed by atoms with Gasteiger partial charge in [-0.3, -0.25) is 9.59 Å². The van der Waals surface area contributed by atoms with E-state index in [1.807, 2.05) is 0 Å². The molecule has 0 radical (unpaired) electrons. The van der Waals surface area contributed by atoms with E-state index in [9.17, 15) is 9.59 Å². The fraction of sp³-hybridized carbons (Fsp3) is 0.333. The van der Waals surface area contributed by atoms with E-state index < -0.39 is 11.9 Å². The lowest BCUT2D eigenvalue weighted by Gasteiger charge is -2.14. The summed E-state index contributed by atoms with van der Waals surface area (Å²) in [6.45, 7) is 0.231. The maximum atomic E-state index is 10.4. The number of carboxylic acid groups (broad SMARTS) is 2. The third kappa shape index (κ3) is 4.17. The molecule has 0 spiro atoms. The van der Waals surface area contributed by atoms with Gasteiger partial charge in [-0.2, -0.15) is 0 Å². The Morgan fingerprint density at radius 3 is 2.33 bits per heavy atom. The molecular weight excluding hydrogens is 200 g/mol. The highest BCUT2D eigenvalue weighted by atomic mass is 16.4. The molecule has 0 saturated heterocycles. The van der Waals surface area contributed by atoms with Gasteiger partial charge in [0.25, 0.3) is 0 Å². The van der Waals surface area contributed by atoms with Crippen LogP contribution in [0, 0.1) is 0 Å². The third-order valence-corrected chi connectivity index (χ3v) is 1.76. The molecule has 0 aliphatic carbocycles. The number of rotatable bonds is 4. The highest BCUT2D eigenvalue weighted by molar-refractivity contribution is 5.70. The minimum Gasteiger partial charge on any atom is -0.480 e. The topological polar surface area (TPSA) is 81.1 Å². The molecule has 82 valence electrons. The van der Waals surface area contributed by atoms with Crippen molar-refractivity contribution in [1.82, 2.24) is 9.80 Å². The first kappa shape index (κ1) is 11.1. The van der Waals surface area contributed by atoms with Crippen molar-refractivity contribution < 1.29 is 19.8 Å². The van der Waals surface area contributed by atoms with Crippen LogP contribution in [0.2, 0.25) is 0 Å². The fourth-order valence-corrected chi connectivity index (χ4v) is 1.16. The molecule has 0 saturated carbocycles. The molecule has 0 unspecified atom stereocenters. The maximum absolute atomic E-state index is 10.4. The molecule has 1 rings (SSSR count). The van der Waals surface area contributed by atoms with E-state index in [2.05, 4.69) is 0 Å². The summed E-state index contributed by atoms with van der Waals surface area (Å²) in [5.41, 5.74) is 0. The lowest BCUT2D eigenvalue weighted by atomic mass is 10.5. The number of carbonyl (C=O) groups is 2. The van der Waals surface area contributed by atoms with Gasteiger partial charge in [-0.15, -0.1) is 0 Å². The SMILES string of the molecule is O=C(O)CN1C=CCN(CC(=O)O)C=C1. The van der Waals surface area contributed by atoms with Gasteiger partial charge < -0.3 is 20.0 Å². The van der Waals surface area contributed by atoms with Gasteiger partial charge in [0.15, 0.2) is 0 Å². The molecule has 0 aromatic rings. The molecule has 0 aromatic carbocycles. The normalized spacial score (nSPS) is 15.2. The van der Waals surface area contributed by atoms with Crippen molar-refractivity contribution in [2.45, 2.75) is 0 Å². The van der Waals surface area contributed by atoms with Gasteiger partial charge in [0.05, 0.1) is 0 Å². The Balaban J connectivity index is 2.55. The molecule has 1 aliphatic heterocycles. The summed E-state index contributed by atoms with van der Waals surface area (Å²) >= 11 is 0. The van der Waals surface area contributed by atoms with Crippen LogP contribution in [-0.2, 0) is 9.59 Å². The van der Waals surface area contributed by atoms with Crippen molar-refractivity contribution >= 4 is 11.9 Å². The van der Waals surface area contributed by atoms with Gasteiger partial charge >= 0.3 is 11.9 Å². The Labute approximate surface area is 86.7 Å². The molecule has 0 fully saturated rings. The summed E-state index contributed by atoms with van der Waals surface area (Å²) in [4.78, 5) is 23.9. The average Bonchev–Trinajstić information content (AvgIpc) is 2.29. The van der Waals surface area contributed by atoms with Gasteiger partial charge in [0.1, 0.15) is 13.1 Å². The molecular formula is C9H12N2O4. The average molecular weight is 212 g/mol. The van der Waals surface area contributed by atoms with Crippen LogP contribution in [0.3, 0.4) is 0 Å². The van der Waals surface area contributed by atoms with Gasteiger partial charge in [0, 0.05) is 25.1 Å². The predicted octanol–water partition coefficient (Wildman–Crippen LogP) is -0.242. The molecule has 1 heterocycles. The van der Waals surface area contributed by atoms with Crippen molar-refractivity contribution in [1.29, 1.82) is 0 Å². The lowest BCUT2D eigenvalue weighted by molar-refractivity contribution is -0.138. The highest BCUT2D eigenvalue weighted by Crippen LogP contribution is 2.01. The number of carboxylic acids is 2. The summed E-state index contributed by atoms with van der Waals surface area (Å²) in [7, 11) is 0. The van der Waals surface area contributed by atoms with Crippen molar-refractivity contribution in [3.63, 3.8) is 0 Å². The van der Waals surface area contributed by atoms with Crippen molar-refractivity contribution in [3.8, 4) is 0 Å². The number of hydrogen-bond acceptors (Lipinski definition) is 4. The van der Waals surface area contributed by atoms with Crippen molar-refractivity contribution in [3.05, 3.63) is 24.7 Å². The quantitative estimate of drug-likeness (QED) is 0.669. The number of aliphatic carboxylic acids is 2. The van der Waals surface area contributed by atoms with E-state index >= 15 is 0 Å². The smallest absolute Gasteiger partial charge is 0.323 e. The zero-order valence-electron chi connectivity index (χ0n) is 8.04. The van der Waals surface area contributed by atoms with Crippen LogP contribution in [0.1, 0.15) is 0 Å². The minimum absolute atomic E-state index is 0.0955. The summed E-state index contributed by atoms with van der Waals surface area (Å²) in [5, 5.41) is 17.1. The molecule has 0 atom stereocenters. The maximum Gasteiger partial charge on any atom is 0.323 e. The summed E-state index contributed by atoms with van der Waals surface area (Å²) in [5.74, 6) is -1.85. The Bertz CT molecular complexity index is 311. The van der Waals surface area contributed by atoms with Gasteiger partial charge in [-0.05, 0) is 6.08 Å². The number of hydrogen-bond donors (Lipinski definition) is 2. The minimum atomic E-state index is -0.934. The van der Waals surface area contributed by atoms with E-state index in [0.29, 0.717) is 6.54 Å². The fourth-order valence-electron chi connectivity index (χ4n) is 1.16. The Hall–Kier alpha value is -1.98. The first-order chi connectivity index (χ1) is 7.08. The Morgan fingerprint density at radius 1 is 1.07 bits per heavy atom. The van der Waals surface area contributed by atoms with Gasteiger partial charge in [-0.1, -0.05) is 0 Å². The van der Waals surface area contributed by atoms with Crippen molar-refractivity contribution in [2.75, 3.05) is 19.6 Å². The first-order valence-corrected chi connectivity index (χ1v) is 4.36. The monoisotopic (exact) mass is 212 g/mol. The zero-order valence-corrected chi connectivity index (χ0v) is 8.04. The van der Waals surface area contributed by atoms with Crippen LogP contribution in [0.5, 0.6) is 0 Å². The van der Waals surface area contributed by atoms with E-state index in [1.165, 1.54) is 4.90 Å². The molecule has 0 amide bonds. The standard InChI is InChI=1S/C9H12N2O4/c12-8(13)6-10-2-1-3-11(5-4-10)7-9(14)15/h1-2,4-5H,3,6-7H2,(H,12,13)(H,14,15). The van der Waals surface area contributed by atoms with E-state index in [-0.39, 0.29) is 13.1 Å². The molecule has 6 heteroatoms. The number of nitrogens with zero attached hydrogens (tertiary/aromatic N) is 2. The first-order valence-electron chi connectivity index (χ1n) is 4.36. The van der Waals surface area contributed by atoms with E-state index in [4.69, 9.17) is 10.2 Å². The van der Waals surface area contributed by atoms with Gasteiger partial charge in [0.2, 0.25) is 0 Å². The molecule has 2 N–H and O–H groups in total. The van der Waals surface area contributed by atoms with Gasteiger partial charge in [-0.25, -0.2) is 0 Å². The molecule has 0 bridgehead atoms. The second-order valence-electron chi connectivity index (χ2n) is 3.07. The zero-order chi connectivity index (χ0) is 11.3. The van der Waals surface area contributed by atoms with Crippen LogP contribution in [-0.4, -0.2) is 51.6 Å².